The van der Waals surface area contributed by atoms with Crippen molar-refractivity contribution in [3.63, 3.8) is 0 Å². The van der Waals surface area contributed by atoms with E-state index in [1.54, 1.807) is 0 Å². The lowest BCUT2D eigenvalue weighted by atomic mass is 10.9. The van der Waals surface area contributed by atoms with Crippen molar-refractivity contribution in [2.75, 3.05) is 19.8 Å². The molecule has 0 amide bonds. The summed E-state index contributed by atoms with van der Waals surface area (Å²) in [6.07, 6.45) is -0.417. The van der Waals surface area contributed by atoms with Gasteiger partial charge in [0.05, 0.1) is 13.2 Å². The summed E-state index contributed by atoms with van der Waals surface area (Å²) < 4.78 is 8.76. The smallest absolute Gasteiger partial charge is 0.178 e. The summed E-state index contributed by atoms with van der Waals surface area (Å²) in [6, 6.07) is 0. The molecular weight excluding hydrogens is 112 g/mol. The van der Waals surface area contributed by atoms with Gasteiger partial charge in [0.2, 0.25) is 0 Å². The molecule has 1 unspecified atom stereocenters. The maximum Gasteiger partial charge on any atom is 0.178 e. The quantitative estimate of drug-likeness (QED) is 0.398. The Morgan fingerprint density at radius 1 is 1.38 bits per heavy atom. The first kappa shape index (κ1) is 7.84. The van der Waals surface area contributed by atoms with Crippen LogP contribution in [0.25, 0.3) is 0 Å². The first-order valence-corrected chi connectivity index (χ1v) is 2.27. The molecule has 0 spiro atoms. The van der Waals surface area contributed by atoms with Gasteiger partial charge in [0.15, 0.2) is 6.29 Å². The van der Waals surface area contributed by atoms with Crippen LogP contribution in [0.3, 0.4) is 0 Å². The zero-order valence-corrected chi connectivity index (χ0v) is 4.46. The Morgan fingerprint density at radius 3 is 1.62 bits per heavy atom. The topological polar surface area (TPSA) is 76.8 Å². The molecule has 0 bridgehead atoms. The molecule has 0 radical (unpaired) electrons. The highest BCUT2D eigenvalue weighted by Crippen LogP contribution is 2.00. The molecule has 3 N–H and O–H groups in total. The summed E-state index contributed by atoms with van der Waals surface area (Å²) in [6.45, 7) is 2.54. The maximum absolute atomic E-state index is 7.94. The van der Waals surface area contributed by atoms with Crippen LogP contribution in [0.15, 0.2) is 0 Å². The number of rotatable bonds is 0. The van der Waals surface area contributed by atoms with Gasteiger partial charge in [-0.25, -0.2) is 0 Å². The Hall–Kier alpha value is -0.160. The van der Waals surface area contributed by atoms with Gasteiger partial charge in [-0.05, 0) is 0 Å². The molecular formula is C4H10O4. The van der Waals surface area contributed by atoms with E-state index in [2.05, 4.69) is 9.47 Å². The Balaban J connectivity index is 0.000000112. The van der Waals surface area contributed by atoms with Crippen molar-refractivity contribution >= 4 is 0 Å². The minimum Gasteiger partial charge on any atom is -0.412 e. The Labute approximate surface area is 47.3 Å². The molecule has 0 aromatic carbocycles. The van der Waals surface area contributed by atoms with Crippen molar-refractivity contribution in [2.24, 2.45) is 0 Å². The fourth-order valence-electron chi connectivity index (χ4n) is 0.0430. The van der Waals surface area contributed by atoms with Crippen molar-refractivity contribution in [1.29, 1.82) is 0 Å². The van der Waals surface area contributed by atoms with Crippen LogP contribution in [0.4, 0.5) is 0 Å². The highest BCUT2D eigenvalue weighted by atomic mass is 16.7. The minimum absolute atomic E-state index is 0. The van der Waals surface area contributed by atoms with E-state index in [-0.39, 0.29) is 5.48 Å². The van der Waals surface area contributed by atoms with Crippen LogP contribution in [0.2, 0.25) is 0 Å². The number of aliphatic hydroxyl groups excluding tert-OH is 1. The lowest BCUT2D eigenvalue weighted by molar-refractivity contribution is 0.156. The third-order valence-corrected chi connectivity index (χ3v) is 0.520. The zero-order chi connectivity index (χ0) is 5.11. The van der Waals surface area contributed by atoms with Crippen molar-refractivity contribution in [3.8, 4) is 0 Å². The predicted octanol–water partition coefficient (Wildman–Crippen LogP) is -1.47. The van der Waals surface area contributed by atoms with Crippen LogP contribution in [-0.4, -0.2) is 36.7 Å². The first-order valence-electron chi connectivity index (χ1n) is 2.27. The zero-order valence-electron chi connectivity index (χ0n) is 4.46. The summed E-state index contributed by atoms with van der Waals surface area (Å²) in [5.41, 5.74) is 0. The molecule has 4 heteroatoms. The average molecular weight is 122 g/mol. The highest BCUT2D eigenvalue weighted by molar-refractivity contribution is 4.48. The number of epoxide rings is 2. The van der Waals surface area contributed by atoms with Crippen LogP contribution in [0, 0.1) is 0 Å². The van der Waals surface area contributed by atoms with E-state index in [0.717, 1.165) is 13.2 Å². The van der Waals surface area contributed by atoms with E-state index in [9.17, 15) is 0 Å². The monoisotopic (exact) mass is 122 g/mol. The Kier molecular flexibility index (Phi) is 3.72. The molecule has 50 valence electrons. The summed E-state index contributed by atoms with van der Waals surface area (Å²) >= 11 is 0. The van der Waals surface area contributed by atoms with Crippen molar-refractivity contribution < 1.29 is 20.1 Å². The number of hydrogen-bond acceptors (Lipinski definition) is 3. The van der Waals surface area contributed by atoms with E-state index in [1.807, 2.05) is 0 Å². The van der Waals surface area contributed by atoms with Gasteiger partial charge in [0, 0.05) is 0 Å². The summed E-state index contributed by atoms with van der Waals surface area (Å²) in [7, 11) is 0. The van der Waals surface area contributed by atoms with Crippen molar-refractivity contribution in [3.05, 3.63) is 0 Å². The third-order valence-electron chi connectivity index (χ3n) is 0.520. The first-order chi connectivity index (χ1) is 3.39. The number of hydrogen-bond donors (Lipinski definition) is 1. The average Bonchev–Trinajstić information content (AvgIpc) is 2.27. The van der Waals surface area contributed by atoms with Crippen molar-refractivity contribution in [2.45, 2.75) is 6.29 Å². The molecule has 2 aliphatic rings. The highest BCUT2D eigenvalue weighted by Gasteiger charge is 2.16. The standard InChI is InChI=1S/C2H4O2.C2H4O.H2O/c3-2-1-4-2;1-2-3-1;/h2-3H,1H2;1-2H2;1H2. The molecule has 1 atom stereocenters. The Morgan fingerprint density at radius 2 is 1.62 bits per heavy atom. The van der Waals surface area contributed by atoms with Gasteiger partial charge in [-0.1, -0.05) is 0 Å². The van der Waals surface area contributed by atoms with Crippen LogP contribution >= 0.6 is 0 Å². The van der Waals surface area contributed by atoms with Gasteiger partial charge < -0.3 is 20.1 Å². The molecule has 0 saturated carbocycles. The van der Waals surface area contributed by atoms with E-state index >= 15 is 0 Å². The fraction of sp³-hybridized carbons (Fsp3) is 1.00. The second-order valence-corrected chi connectivity index (χ2v) is 1.40. The molecule has 2 rings (SSSR count). The Bertz CT molecular complexity index is 47.2. The van der Waals surface area contributed by atoms with E-state index < -0.39 is 6.29 Å². The predicted molar refractivity (Wildman–Crippen MR) is 26.4 cm³/mol. The normalized spacial score (nSPS) is 28.9. The van der Waals surface area contributed by atoms with E-state index in [4.69, 9.17) is 5.11 Å². The van der Waals surface area contributed by atoms with Crippen LogP contribution in [-0.2, 0) is 9.47 Å². The number of aliphatic hydroxyl groups is 1. The minimum atomic E-state index is -0.417. The largest absolute Gasteiger partial charge is 0.412 e. The van der Waals surface area contributed by atoms with E-state index in [0.29, 0.717) is 6.61 Å². The molecule has 2 heterocycles. The van der Waals surface area contributed by atoms with Crippen LogP contribution < -0.4 is 0 Å². The molecule has 8 heavy (non-hydrogen) atoms. The molecule has 2 fully saturated rings. The summed E-state index contributed by atoms with van der Waals surface area (Å²) in [5, 5.41) is 7.94. The van der Waals surface area contributed by atoms with Gasteiger partial charge in [-0.3, -0.25) is 0 Å². The van der Waals surface area contributed by atoms with Gasteiger partial charge in [0.1, 0.15) is 6.61 Å². The molecule has 2 aliphatic heterocycles. The molecule has 0 aliphatic carbocycles. The lowest BCUT2D eigenvalue weighted by Gasteiger charge is -1.54. The second kappa shape index (κ2) is 3.80. The lowest BCUT2D eigenvalue weighted by Crippen LogP contribution is -1.70. The third kappa shape index (κ3) is 9.28. The maximum atomic E-state index is 7.94. The molecule has 0 aromatic rings. The van der Waals surface area contributed by atoms with Crippen LogP contribution in [0.1, 0.15) is 0 Å². The summed E-state index contributed by atoms with van der Waals surface area (Å²) in [5.74, 6) is 0. The van der Waals surface area contributed by atoms with E-state index in [1.165, 1.54) is 0 Å². The van der Waals surface area contributed by atoms with Gasteiger partial charge in [-0.15, -0.1) is 0 Å². The van der Waals surface area contributed by atoms with Gasteiger partial charge >= 0.3 is 0 Å². The summed E-state index contributed by atoms with van der Waals surface area (Å²) in [4.78, 5) is 0. The molecule has 4 nitrogen and oxygen atoms in total. The molecule has 2 saturated heterocycles. The van der Waals surface area contributed by atoms with Crippen LogP contribution in [0.5, 0.6) is 0 Å². The molecule has 0 aromatic heterocycles. The fourth-order valence-corrected chi connectivity index (χ4v) is 0.0430. The SMILES string of the molecule is C1CO1.O.OC1CO1. The van der Waals surface area contributed by atoms with Gasteiger partial charge in [0.25, 0.3) is 0 Å². The van der Waals surface area contributed by atoms with Crippen molar-refractivity contribution in [1.82, 2.24) is 0 Å². The van der Waals surface area contributed by atoms with Gasteiger partial charge in [-0.2, -0.15) is 0 Å². The number of ether oxygens (including phenoxy) is 2. The second-order valence-electron chi connectivity index (χ2n) is 1.40.